The van der Waals surface area contributed by atoms with Gasteiger partial charge >= 0.3 is 18.2 Å². The number of carbonyl (C=O) groups excluding carboxylic acids is 3. The normalized spacial score (nSPS) is 13.6. The number of carboxylic acid groups (broad SMARTS) is 1. The van der Waals surface area contributed by atoms with Gasteiger partial charge in [-0.25, -0.2) is 44.3 Å². The minimum absolute atomic E-state index is 0.106. The maximum Gasteiger partial charge on any atom is 0.410 e. The number of benzene rings is 4. The van der Waals surface area contributed by atoms with Crippen molar-refractivity contribution in [3.63, 3.8) is 0 Å². The fourth-order valence-electron chi connectivity index (χ4n) is 8.81. The van der Waals surface area contributed by atoms with Gasteiger partial charge in [-0.05, 0) is 109 Å². The summed E-state index contributed by atoms with van der Waals surface area (Å²) in [5.41, 5.74) is 7.22. The molecule has 2 saturated heterocycles. The molecule has 2 aliphatic heterocycles. The minimum atomic E-state index is -1.01. The van der Waals surface area contributed by atoms with Crippen molar-refractivity contribution in [2.75, 3.05) is 91.4 Å². The number of anilines is 4. The molecular weight excluding hydrogens is 1130 g/mol. The molecule has 25 heteroatoms. The van der Waals surface area contributed by atoms with Gasteiger partial charge in [0.1, 0.15) is 31.9 Å². The fourth-order valence-corrected chi connectivity index (χ4v) is 10.1. The van der Waals surface area contributed by atoms with Gasteiger partial charge in [-0.1, -0.05) is 24.3 Å². The molecule has 4 aromatic heterocycles. The van der Waals surface area contributed by atoms with Crippen LogP contribution in [0, 0.1) is 0 Å². The van der Waals surface area contributed by atoms with Gasteiger partial charge in [-0.3, -0.25) is 4.79 Å². The molecule has 6 heterocycles. The Bertz CT molecular complexity index is 3630. The van der Waals surface area contributed by atoms with Crippen molar-refractivity contribution in [3.8, 4) is 45.8 Å². The molecule has 0 saturated carbocycles. The second kappa shape index (κ2) is 28.1. The molecule has 10 rings (SSSR count). The lowest BCUT2D eigenvalue weighted by molar-refractivity contribution is 0.0249. The molecule has 0 unspecified atom stereocenters. The average molecular weight is 1200 g/mol. The summed E-state index contributed by atoms with van der Waals surface area (Å²) < 4.78 is 32.2. The zero-order valence-electron chi connectivity index (χ0n) is 49.2. The number of aromatic nitrogens is 6. The van der Waals surface area contributed by atoms with Gasteiger partial charge in [-0.15, -0.1) is 22.7 Å². The Hall–Kier alpha value is -8.94. The van der Waals surface area contributed by atoms with E-state index >= 15 is 0 Å². The molecule has 0 aliphatic carbocycles. The number of fused-ring (bicyclic) bond motifs is 2. The Morgan fingerprint density at radius 1 is 0.529 bits per heavy atom. The maximum atomic E-state index is 13.5. The van der Waals surface area contributed by atoms with Crippen LogP contribution in [0.5, 0.6) is 23.0 Å². The molecule has 2 aliphatic rings. The standard InChI is InChI=1S/C30H34N6O5S.C20H16N4O4S.C10H20N2O2/c1-30(2,3)41-29(38)36-13-7-12-35(14-15-36)28(37)20-9-6-8-19(16-20)25-33-26(24-27(34-25)42-18-31-24)32-21-10-11-22(39-4)23(17-21)40-5;1-27-14-7-6-13(9-15(14)28-2)22-18-16-19(29-10-21-16)24-17(23-18)11-4-3-5-12(8-11)20(25)26;1-10(2,3)14-9(13)12-7-4-5-11-6-8-12/h6,8-11,16-18H,7,12-15H2,1-5H3,(H,32,33,34);3-10H,1-2H3,(H,25,26)(H,22,23,24);11H,4-8H2,1-3H3. The van der Waals surface area contributed by atoms with Crippen LogP contribution in [0.2, 0.25) is 0 Å². The molecule has 0 radical (unpaired) electrons. The lowest BCUT2D eigenvalue weighted by atomic mass is 10.1. The number of methoxy groups -OCH3 is 4. The van der Waals surface area contributed by atoms with Gasteiger partial charge in [0.2, 0.25) is 0 Å². The first-order valence-electron chi connectivity index (χ1n) is 27.3. The molecule has 0 spiro atoms. The lowest BCUT2D eigenvalue weighted by Gasteiger charge is -2.26. The number of hydrogen-bond donors (Lipinski definition) is 4. The van der Waals surface area contributed by atoms with Crippen LogP contribution in [-0.2, 0) is 9.47 Å². The summed E-state index contributed by atoms with van der Waals surface area (Å²) >= 11 is 2.79. The van der Waals surface area contributed by atoms with Crippen LogP contribution in [0.1, 0.15) is 75.1 Å². The first kappa shape index (κ1) is 62.1. The summed E-state index contributed by atoms with van der Waals surface area (Å²) in [4.78, 5) is 83.1. The Kier molecular flexibility index (Phi) is 20.5. The largest absolute Gasteiger partial charge is 0.493 e. The first-order valence-corrected chi connectivity index (χ1v) is 29.1. The van der Waals surface area contributed by atoms with Crippen LogP contribution in [0.3, 0.4) is 0 Å². The highest BCUT2D eigenvalue weighted by molar-refractivity contribution is 7.16. The van der Waals surface area contributed by atoms with Crippen molar-refractivity contribution in [2.45, 2.75) is 65.6 Å². The number of carboxylic acids is 1. The highest BCUT2D eigenvalue weighted by Crippen LogP contribution is 2.36. The number of rotatable bonds is 12. The average Bonchev–Trinajstić information content (AvgIpc) is 3.43. The molecule has 2 fully saturated rings. The number of ether oxygens (including phenoxy) is 6. The Labute approximate surface area is 500 Å². The number of nitrogens with zero attached hydrogens (tertiary/aromatic N) is 9. The van der Waals surface area contributed by atoms with Crippen LogP contribution >= 0.6 is 22.7 Å². The van der Waals surface area contributed by atoms with E-state index in [0.29, 0.717) is 111 Å². The Morgan fingerprint density at radius 2 is 0.988 bits per heavy atom. The van der Waals surface area contributed by atoms with Crippen LogP contribution in [0.25, 0.3) is 43.5 Å². The van der Waals surface area contributed by atoms with Crippen molar-refractivity contribution in [1.82, 2.24) is 49.9 Å². The van der Waals surface area contributed by atoms with Gasteiger partial charge in [0.05, 0.1) is 45.0 Å². The van der Waals surface area contributed by atoms with Crippen LogP contribution in [0.15, 0.2) is 96.0 Å². The third-order valence-corrected chi connectivity index (χ3v) is 14.3. The number of hydrogen-bond acceptors (Lipinski definition) is 21. The Morgan fingerprint density at radius 3 is 1.48 bits per heavy atom. The second-order valence-corrected chi connectivity index (χ2v) is 23.0. The van der Waals surface area contributed by atoms with Crippen LogP contribution in [0.4, 0.5) is 32.6 Å². The third kappa shape index (κ3) is 16.7. The predicted octanol–water partition coefficient (Wildman–Crippen LogP) is 11.0. The van der Waals surface area contributed by atoms with Crippen LogP contribution < -0.4 is 34.9 Å². The Balaban J connectivity index is 0.000000188. The SMILES string of the molecule is CC(C)(C)OC(=O)N1CCCNCC1.COc1ccc(Nc2nc(-c3cccc(C(=O)N4CCCN(C(=O)OC(C)(C)C)CC4)c3)nc3scnc23)cc1OC.COc1ccc(Nc2nc(-c3cccc(C(=O)O)c3)nc3scnc23)cc1OC. The van der Waals surface area contributed by atoms with E-state index in [1.54, 1.807) is 96.6 Å². The van der Waals surface area contributed by atoms with Gasteiger partial charge in [0.25, 0.3) is 5.91 Å². The summed E-state index contributed by atoms with van der Waals surface area (Å²) in [7, 11) is 6.31. The smallest absolute Gasteiger partial charge is 0.410 e. The van der Waals surface area contributed by atoms with Crippen molar-refractivity contribution in [3.05, 3.63) is 107 Å². The van der Waals surface area contributed by atoms with Gasteiger partial charge < -0.3 is 64.2 Å². The monoisotopic (exact) mass is 1200 g/mol. The van der Waals surface area contributed by atoms with E-state index in [1.165, 1.54) is 28.7 Å². The zero-order valence-corrected chi connectivity index (χ0v) is 50.8. The molecule has 4 aromatic carbocycles. The lowest BCUT2D eigenvalue weighted by Crippen LogP contribution is -2.40. The van der Waals surface area contributed by atoms with E-state index in [1.807, 2.05) is 77.9 Å². The highest BCUT2D eigenvalue weighted by Gasteiger charge is 2.28. The van der Waals surface area contributed by atoms with Crippen molar-refractivity contribution >= 4 is 90.4 Å². The molecule has 8 aromatic rings. The van der Waals surface area contributed by atoms with E-state index < -0.39 is 17.2 Å². The predicted molar refractivity (Wildman–Crippen MR) is 328 cm³/mol. The molecule has 3 amide bonds. The maximum absolute atomic E-state index is 13.5. The van der Waals surface area contributed by atoms with E-state index in [9.17, 15) is 24.3 Å². The van der Waals surface area contributed by atoms with E-state index in [-0.39, 0.29) is 23.7 Å². The number of aromatic carboxylic acids is 1. The number of nitrogens with one attached hydrogen (secondary N) is 3. The van der Waals surface area contributed by atoms with Crippen LogP contribution in [-0.4, -0.2) is 166 Å². The molecule has 0 atom stereocenters. The highest BCUT2D eigenvalue weighted by atomic mass is 32.1. The van der Waals surface area contributed by atoms with Gasteiger partial charge in [0.15, 0.2) is 46.3 Å². The number of amides is 3. The van der Waals surface area contributed by atoms with Crippen molar-refractivity contribution in [1.29, 1.82) is 0 Å². The fraction of sp³-hybridized carbons (Fsp3) is 0.367. The van der Waals surface area contributed by atoms with Gasteiger partial charge in [-0.2, -0.15) is 0 Å². The molecule has 448 valence electrons. The topological polar surface area (TPSA) is 267 Å². The summed E-state index contributed by atoms with van der Waals surface area (Å²) in [6, 6.07) is 24.7. The molecule has 23 nitrogen and oxygen atoms in total. The number of carbonyl (C=O) groups is 4. The third-order valence-electron chi connectivity index (χ3n) is 12.9. The minimum Gasteiger partial charge on any atom is -0.493 e. The van der Waals surface area contributed by atoms with Crippen molar-refractivity contribution in [2.24, 2.45) is 0 Å². The zero-order chi connectivity index (χ0) is 60.8. The first-order chi connectivity index (χ1) is 40.7. The number of thiazole rings is 2. The molecule has 85 heavy (non-hydrogen) atoms. The second-order valence-electron chi connectivity index (χ2n) is 21.3. The summed E-state index contributed by atoms with van der Waals surface area (Å²) in [5, 5.41) is 19.1. The molecular formula is C60H70N12O11S2. The quantitative estimate of drug-likeness (QED) is 0.0885. The molecule has 4 N–H and O–H groups in total. The van der Waals surface area contributed by atoms with Crippen molar-refractivity contribution < 1.29 is 52.7 Å². The van der Waals surface area contributed by atoms with E-state index in [0.717, 1.165) is 48.8 Å². The van der Waals surface area contributed by atoms with Gasteiger partial charge in [0, 0.05) is 86.0 Å². The van der Waals surface area contributed by atoms with E-state index in [4.69, 9.17) is 38.4 Å². The molecule has 0 bridgehead atoms. The van der Waals surface area contributed by atoms with E-state index in [2.05, 4.69) is 35.9 Å². The summed E-state index contributed by atoms with van der Waals surface area (Å²) in [5.74, 6) is 3.22. The summed E-state index contributed by atoms with van der Waals surface area (Å²) in [6.45, 7) is 16.5. The summed E-state index contributed by atoms with van der Waals surface area (Å²) in [6.07, 6.45) is 1.12.